The van der Waals surface area contributed by atoms with Gasteiger partial charge in [0.1, 0.15) is 12.6 Å². The number of esters is 1. The molecule has 1 N–H and O–H groups in total. The summed E-state index contributed by atoms with van der Waals surface area (Å²) in [4.78, 5) is 23.9. The van der Waals surface area contributed by atoms with Gasteiger partial charge >= 0.3 is 12.1 Å². The van der Waals surface area contributed by atoms with Gasteiger partial charge in [0, 0.05) is 0 Å². The molecule has 2 atom stereocenters. The van der Waals surface area contributed by atoms with Crippen LogP contribution in [0.15, 0.2) is 12.7 Å². The van der Waals surface area contributed by atoms with Crippen molar-refractivity contribution in [2.24, 2.45) is 5.92 Å². The van der Waals surface area contributed by atoms with Gasteiger partial charge < -0.3 is 14.8 Å². The molecule has 1 unspecified atom stereocenters. The number of ether oxygens (including phenoxy) is 2. The van der Waals surface area contributed by atoms with Crippen LogP contribution in [-0.2, 0) is 14.3 Å². The Morgan fingerprint density at radius 1 is 1.04 bits per heavy atom. The Balaban J connectivity index is 4.08. The summed E-state index contributed by atoms with van der Waals surface area (Å²) in [5, 5.41) is 2.59. The highest BCUT2D eigenvalue weighted by molar-refractivity contribution is 5.81. The lowest BCUT2D eigenvalue weighted by Crippen LogP contribution is -2.46. The number of nitrogens with one attached hydrogen (secondary N) is 1. The predicted molar refractivity (Wildman–Crippen MR) is 96.9 cm³/mol. The van der Waals surface area contributed by atoms with Gasteiger partial charge in [-0.3, -0.25) is 0 Å². The van der Waals surface area contributed by atoms with E-state index in [1.54, 1.807) is 0 Å². The van der Waals surface area contributed by atoms with Gasteiger partial charge in [-0.25, -0.2) is 9.59 Å². The average molecular weight is 341 g/mol. The fourth-order valence-corrected chi connectivity index (χ4v) is 2.29. The number of carbonyl (C=O) groups is 2. The normalized spacial score (nSPS) is 13.0. The summed E-state index contributed by atoms with van der Waals surface area (Å²) in [6.45, 7) is 10.1. The van der Waals surface area contributed by atoms with Crippen molar-refractivity contribution in [2.75, 3.05) is 13.2 Å². The third-order valence-electron chi connectivity index (χ3n) is 4.06. The van der Waals surface area contributed by atoms with Crippen molar-refractivity contribution in [3.8, 4) is 0 Å². The molecule has 0 radical (unpaired) electrons. The van der Waals surface area contributed by atoms with Crippen LogP contribution in [0.25, 0.3) is 0 Å². The molecule has 0 heterocycles. The van der Waals surface area contributed by atoms with E-state index in [9.17, 15) is 9.59 Å². The van der Waals surface area contributed by atoms with E-state index in [-0.39, 0.29) is 18.5 Å². The summed E-state index contributed by atoms with van der Waals surface area (Å²) in [5.41, 5.74) is 0. The van der Waals surface area contributed by atoms with Crippen LogP contribution in [0.4, 0.5) is 4.79 Å². The minimum Gasteiger partial charge on any atom is -0.464 e. The molecule has 0 aromatic heterocycles. The maximum atomic E-state index is 12.2. The summed E-state index contributed by atoms with van der Waals surface area (Å²) in [5.74, 6) is -0.395. The van der Waals surface area contributed by atoms with Crippen molar-refractivity contribution >= 4 is 12.1 Å². The zero-order valence-corrected chi connectivity index (χ0v) is 15.6. The molecule has 0 spiro atoms. The van der Waals surface area contributed by atoms with Crippen molar-refractivity contribution in [1.29, 1.82) is 0 Å². The molecule has 0 fully saturated rings. The number of hydrogen-bond donors (Lipinski definition) is 1. The number of carbonyl (C=O) groups excluding carboxylic acids is 2. The molecule has 5 heteroatoms. The second-order valence-corrected chi connectivity index (χ2v) is 6.18. The third-order valence-corrected chi connectivity index (χ3v) is 4.06. The van der Waals surface area contributed by atoms with E-state index in [0.29, 0.717) is 6.61 Å². The van der Waals surface area contributed by atoms with E-state index in [4.69, 9.17) is 9.47 Å². The number of alkyl carbamates (subject to hydrolysis) is 1. The fraction of sp³-hybridized carbons (Fsp3) is 0.789. The topological polar surface area (TPSA) is 64.6 Å². The lowest BCUT2D eigenvalue weighted by molar-refractivity contribution is -0.147. The molecule has 0 aromatic rings. The maximum Gasteiger partial charge on any atom is 0.408 e. The van der Waals surface area contributed by atoms with Crippen molar-refractivity contribution in [3.05, 3.63) is 12.7 Å². The van der Waals surface area contributed by atoms with Crippen molar-refractivity contribution < 1.29 is 19.1 Å². The van der Waals surface area contributed by atoms with Gasteiger partial charge in [0.2, 0.25) is 0 Å². The first-order valence-corrected chi connectivity index (χ1v) is 9.27. The Labute approximate surface area is 147 Å². The van der Waals surface area contributed by atoms with Crippen molar-refractivity contribution in [1.82, 2.24) is 5.32 Å². The van der Waals surface area contributed by atoms with Crippen LogP contribution in [0.1, 0.15) is 72.1 Å². The fourth-order valence-electron chi connectivity index (χ4n) is 2.29. The van der Waals surface area contributed by atoms with Crippen LogP contribution in [-0.4, -0.2) is 31.3 Å². The van der Waals surface area contributed by atoms with E-state index in [2.05, 4.69) is 18.8 Å². The average Bonchev–Trinajstić information content (AvgIpc) is 2.59. The molecule has 140 valence electrons. The first kappa shape index (κ1) is 22.5. The van der Waals surface area contributed by atoms with E-state index < -0.39 is 12.1 Å². The summed E-state index contributed by atoms with van der Waals surface area (Å²) in [6, 6.07) is -0.670. The Hall–Kier alpha value is -1.52. The van der Waals surface area contributed by atoms with Gasteiger partial charge in [0.25, 0.3) is 0 Å². The highest BCUT2D eigenvalue weighted by Gasteiger charge is 2.27. The molecule has 0 aromatic carbocycles. The second-order valence-electron chi connectivity index (χ2n) is 6.18. The summed E-state index contributed by atoms with van der Waals surface area (Å²) in [6.07, 6.45) is 9.81. The lowest BCUT2D eigenvalue weighted by Gasteiger charge is -2.22. The number of amides is 1. The molecule has 1 amide bonds. The number of unbranched alkanes of at least 4 members (excludes halogenated alkanes) is 6. The SMILES string of the molecule is C=CCOC(=O)N[C@H](C(=O)OCCCCCCCCC)C(C)CC. The Bertz CT molecular complexity index is 357. The van der Waals surface area contributed by atoms with Gasteiger partial charge in [0.05, 0.1) is 6.61 Å². The molecule has 0 rings (SSSR count). The van der Waals surface area contributed by atoms with Gasteiger partial charge in [-0.1, -0.05) is 78.4 Å². The van der Waals surface area contributed by atoms with Gasteiger partial charge in [-0.2, -0.15) is 0 Å². The van der Waals surface area contributed by atoms with Crippen molar-refractivity contribution in [2.45, 2.75) is 78.2 Å². The van der Waals surface area contributed by atoms with E-state index in [1.165, 1.54) is 38.2 Å². The lowest BCUT2D eigenvalue weighted by atomic mass is 9.99. The van der Waals surface area contributed by atoms with Crippen LogP contribution in [0, 0.1) is 5.92 Å². The Morgan fingerprint density at radius 3 is 2.25 bits per heavy atom. The van der Waals surface area contributed by atoms with Crippen molar-refractivity contribution in [3.63, 3.8) is 0 Å². The zero-order valence-electron chi connectivity index (χ0n) is 15.6. The molecule has 5 nitrogen and oxygen atoms in total. The first-order valence-electron chi connectivity index (χ1n) is 9.27. The van der Waals surface area contributed by atoms with Crippen LogP contribution in [0.5, 0.6) is 0 Å². The van der Waals surface area contributed by atoms with Gasteiger partial charge in [-0.15, -0.1) is 0 Å². The highest BCUT2D eigenvalue weighted by Crippen LogP contribution is 2.11. The molecular weight excluding hydrogens is 306 g/mol. The van der Waals surface area contributed by atoms with Gasteiger partial charge in [0.15, 0.2) is 0 Å². The quantitative estimate of drug-likeness (QED) is 0.285. The molecule has 0 saturated carbocycles. The summed E-state index contributed by atoms with van der Waals surface area (Å²) >= 11 is 0. The van der Waals surface area contributed by atoms with E-state index in [0.717, 1.165) is 19.3 Å². The van der Waals surface area contributed by atoms with Crippen LogP contribution in [0.3, 0.4) is 0 Å². The van der Waals surface area contributed by atoms with E-state index in [1.807, 2.05) is 13.8 Å². The number of hydrogen-bond acceptors (Lipinski definition) is 4. The summed E-state index contributed by atoms with van der Waals surface area (Å²) < 4.78 is 10.2. The molecule has 0 saturated heterocycles. The smallest absolute Gasteiger partial charge is 0.408 e. The molecule has 0 aliphatic rings. The molecule has 0 aliphatic heterocycles. The van der Waals surface area contributed by atoms with E-state index >= 15 is 0 Å². The van der Waals surface area contributed by atoms with Crippen LogP contribution >= 0.6 is 0 Å². The number of rotatable bonds is 14. The minimum absolute atomic E-state index is 0.0113. The second kappa shape index (κ2) is 15.0. The Kier molecular flexibility index (Phi) is 14.1. The maximum absolute atomic E-state index is 12.2. The highest BCUT2D eigenvalue weighted by atomic mass is 16.6. The summed E-state index contributed by atoms with van der Waals surface area (Å²) in [7, 11) is 0. The zero-order chi connectivity index (χ0) is 18.2. The largest absolute Gasteiger partial charge is 0.464 e. The molecule has 0 aliphatic carbocycles. The first-order chi connectivity index (χ1) is 11.6. The van der Waals surface area contributed by atoms with Crippen LogP contribution < -0.4 is 5.32 Å². The predicted octanol–water partition coefficient (Wildman–Crippen LogP) is 4.61. The minimum atomic E-state index is -0.670. The standard InChI is InChI=1S/C19H35NO4/c1-5-8-9-10-11-12-13-15-23-18(21)17(16(4)7-3)20-19(22)24-14-6-2/h6,16-17H,2,5,7-15H2,1,3-4H3,(H,20,22)/t16?,17-/m0/s1. The van der Waals surface area contributed by atoms with Crippen LogP contribution in [0.2, 0.25) is 0 Å². The Morgan fingerprint density at radius 2 is 1.67 bits per heavy atom. The third kappa shape index (κ3) is 11.1. The molecular formula is C19H35NO4. The van der Waals surface area contributed by atoms with Gasteiger partial charge in [-0.05, 0) is 12.3 Å². The molecule has 24 heavy (non-hydrogen) atoms. The monoisotopic (exact) mass is 341 g/mol. The molecule has 0 bridgehead atoms.